The van der Waals surface area contributed by atoms with Gasteiger partial charge in [0.15, 0.2) is 12.9 Å². The molecule has 0 aliphatic rings. The molecule has 0 fully saturated rings. The molecule has 0 aliphatic carbocycles. The Morgan fingerprint density at radius 1 is 1.24 bits per heavy atom. The van der Waals surface area contributed by atoms with Crippen molar-refractivity contribution < 1.29 is 18.7 Å². The van der Waals surface area contributed by atoms with Crippen LogP contribution in [0, 0.1) is 12.7 Å². The molecule has 0 heterocycles. The molecule has 4 nitrogen and oxygen atoms in total. The van der Waals surface area contributed by atoms with E-state index >= 15 is 0 Å². The summed E-state index contributed by atoms with van der Waals surface area (Å²) >= 11 is 0. The number of carbonyl (C=O) groups excluding carboxylic acids is 2. The maximum absolute atomic E-state index is 12.7. The maximum atomic E-state index is 12.7. The average molecular weight is 287 g/mol. The average Bonchev–Trinajstić information content (AvgIpc) is 2.48. The first-order chi connectivity index (χ1) is 10.1. The number of nitrogens with one attached hydrogen (secondary N) is 1. The quantitative estimate of drug-likeness (QED) is 0.860. The van der Waals surface area contributed by atoms with E-state index in [1.807, 2.05) is 6.92 Å². The first kappa shape index (κ1) is 14.7. The highest BCUT2D eigenvalue weighted by Crippen LogP contribution is 2.18. The number of aryl methyl sites for hydroxylation is 1. The van der Waals surface area contributed by atoms with Crippen LogP contribution >= 0.6 is 0 Å². The van der Waals surface area contributed by atoms with Gasteiger partial charge >= 0.3 is 0 Å². The number of halogens is 1. The van der Waals surface area contributed by atoms with Crippen molar-refractivity contribution >= 4 is 17.9 Å². The molecule has 0 spiro atoms. The van der Waals surface area contributed by atoms with E-state index in [9.17, 15) is 14.0 Å². The summed E-state index contributed by atoms with van der Waals surface area (Å²) < 4.78 is 18.1. The van der Waals surface area contributed by atoms with Gasteiger partial charge in [0, 0.05) is 5.69 Å². The normalized spacial score (nSPS) is 10.0. The van der Waals surface area contributed by atoms with Gasteiger partial charge < -0.3 is 10.1 Å². The number of rotatable bonds is 5. The van der Waals surface area contributed by atoms with Crippen molar-refractivity contribution in [1.29, 1.82) is 0 Å². The number of benzene rings is 2. The van der Waals surface area contributed by atoms with E-state index in [1.54, 1.807) is 18.2 Å². The molecule has 2 rings (SSSR count). The predicted molar refractivity (Wildman–Crippen MR) is 77.1 cm³/mol. The smallest absolute Gasteiger partial charge is 0.262 e. The third-order valence-electron chi connectivity index (χ3n) is 2.78. The van der Waals surface area contributed by atoms with Crippen LogP contribution in [0.2, 0.25) is 0 Å². The SMILES string of the molecule is Cc1ccc(OCC(=O)Nc2ccc(F)cc2)c(C=O)c1. The van der Waals surface area contributed by atoms with Gasteiger partial charge in [-0.1, -0.05) is 11.6 Å². The van der Waals surface area contributed by atoms with E-state index in [-0.39, 0.29) is 18.3 Å². The molecular weight excluding hydrogens is 273 g/mol. The zero-order valence-electron chi connectivity index (χ0n) is 11.4. The van der Waals surface area contributed by atoms with E-state index < -0.39 is 0 Å². The predicted octanol–water partition coefficient (Wildman–Crippen LogP) is 2.96. The van der Waals surface area contributed by atoms with Crippen molar-refractivity contribution in [2.75, 3.05) is 11.9 Å². The van der Waals surface area contributed by atoms with Gasteiger partial charge in [-0.15, -0.1) is 0 Å². The monoisotopic (exact) mass is 287 g/mol. The Balaban J connectivity index is 1.95. The molecule has 0 saturated heterocycles. The Labute approximate surface area is 121 Å². The molecule has 5 heteroatoms. The lowest BCUT2D eigenvalue weighted by Crippen LogP contribution is -2.20. The fourth-order valence-corrected chi connectivity index (χ4v) is 1.77. The summed E-state index contributed by atoms with van der Waals surface area (Å²) in [6.07, 6.45) is 0.681. The molecule has 0 atom stereocenters. The van der Waals surface area contributed by atoms with Crippen molar-refractivity contribution in [1.82, 2.24) is 0 Å². The molecule has 0 aromatic heterocycles. The van der Waals surface area contributed by atoms with Crippen LogP contribution in [-0.2, 0) is 4.79 Å². The molecule has 108 valence electrons. The largest absolute Gasteiger partial charge is 0.483 e. The third-order valence-corrected chi connectivity index (χ3v) is 2.78. The van der Waals surface area contributed by atoms with Crippen LogP contribution in [0.1, 0.15) is 15.9 Å². The van der Waals surface area contributed by atoms with E-state index in [2.05, 4.69) is 5.32 Å². The first-order valence-electron chi connectivity index (χ1n) is 6.32. The van der Waals surface area contributed by atoms with Crippen molar-refractivity contribution in [2.24, 2.45) is 0 Å². The number of anilines is 1. The van der Waals surface area contributed by atoms with Crippen molar-refractivity contribution in [3.8, 4) is 5.75 Å². The highest BCUT2D eigenvalue weighted by Gasteiger charge is 2.07. The molecule has 2 aromatic carbocycles. The van der Waals surface area contributed by atoms with Gasteiger partial charge in [-0.05, 0) is 43.3 Å². The second-order valence-corrected chi connectivity index (χ2v) is 4.50. The zero-order chi connectivity index (χ0) is 15.2. The van der Waals surface area contributed by atoms with Crippen LogP contribution in [0.4, 0.5) is 10.1 Å². The fourth-order valence-electron chi connectivity index (χ4n) is 1.77. The fraction of sp³-hybridized carbons (Fsp3) is 0.125. The number of amides is 1. The lowest BCUT2D eigenvalue weighted by molar-refractivity contribution is -0.118. The van der Waals surface area contributed by atoms with Crippen molar-refractivity contribution in [3.63, 3.8) is 0 Å². The van der Waals surface area contributed by atoms with Crippen LogP contribution in [0.3, 0.4) is 0 Å². The van der Waals surface area contributed by atoms with Crippen LogP contribution in [0.25, 0.3) is 0 Å². The number of carbonyl (C=O) groups is 2. The second kappa shape index (κ2) is 6.65. The molecular formula is C16H14FNO3. The topological polar surface area (TPSA) is 55.4 Å². The minimum absolute atomic E-state index is 0.235. The van der Waals surface area contributed by atoms with Crippen LogP contribution in [0.5, 0.6) is 5.75 Å². The van der Waals surface area contributed by atoms with Gasteiger partial charge in [-0.2, -0.15) is 0 Å². The summed E-state index contributed by atoms with van der Waals surface area (Å²) in [4.78, 5) is 22.7. The standard InChI is InChI=1S/C16H14FNO3/c1-11-2-7-15(12(8-11)9-19)21-10-16(20)18-14-5-3-13(17)4-6-14/h2-9H,10H2,1H3,(H,18,20). The molecule has 1 N–H and O–H groups in total. The molecule has 0 unspecified atom stereocenters. The number of hydrogen-bond donors (Lipinski definition) is 1. The molecule has 0 bridgehead atoms. The number of ether oxygens (including phenoxy) is 1. The minimum atomic E-state index is -0.390. The summed E-state index contributed by atoms with van der Waals surface area (Å²) in [5, 5.41) is 2.57. The Hall–Kier alpha value is -2.69. The van der Waals surface area contributed by atoms with Crippen molar-refractivity contribution in [3.05, 3.63) is 59.4 Å². The van der Waals surface area contributed by atoms with E-state index in [0.717, 1.165) is 5.56 Å². The third kappa shape index (κ3) is 4.14. The van der Waals surface area contributed by atoms with Gasteiger partial charge in [0.1, 0.15) is 11.6 Å². The summed E-state index contributed by atoms with van der Waals surface area (Å²) in [5.41, 5.74) is 1.80. The molecule has 2 aromatic rings. The molecule has 21 heavy (non-hydrogen) atoms. The summed E-state index contributed by atoms with van der Waals surface area (Å²) in [6.45, 7) is 1.62. The molecule has 1 amide bonds. The Morgan fingerprint density at radius 2 is 1.95 bits per heavy atom. The van der Waals surface area contributed by atoms with Crippen LogP contribution < -0.4 is 10.1 Å². The minimum Gasteiger partial charge on any atom is -0.483 e. The molecule has 0 radical (unpaired) electrons. The van der Waals surface area contributed by atoms with Gasteiger partial charge in [0.05, 0.1) is 5.56 Å². The number of hydrogen-bond acceptors (Lipinski definition) is 3. The van der Waals surface area contributed by atoms with Gasteiger partial charge in [0.25, 0.3) is 5.91 Å². The van der Waals surface area contributed by atoms with Gasteiger partial charge in [-0.25, -0.2) is 4.39 Å². The van der Waals surface area contributed by atoms with Gasteiger partial charge in [0.2, 0.25) is 0 Å². The maximum Gasteiger partial charge on any atom is 0.262 e. The van der Waals surface area contributed by atoms with E-state index in [1.165, 1.54) is 24.3 Å². The second-order valence-electron chi connectivity index (χ2n) is 4.50. The Morgan fingerprint density at radius 3 is 2.62 bits per heavy atom. The summed E-state index contributed by atoms with van der Waals surface area (Å²) in [5.74, 6) is -0.414. The van der Waals surface area contributed by atoms with Crippen LogP contribution in [-0.4, -0.2) is 18.8 Å². The lowest BCUT2D eigenvalue weighted by Gasteiger charge is -2.09. The van der Waals surface area contributed by atoms with E-state index in [4.69, 9.17) is 4.74 Å². The summed E-state index contributed by atoms with van der Waals surface area (Å²) in [7, 11) is 0. The van der Waals surface area contributed by atoms with Crippen LogP contribution in [0.15, 0.2) is 42.5 Å². The molecule has 0 saturated carbocycles. The number of aldehydes is 1. The van der Waals surface area contributed by atoms with Crippen molar-refractivity contribution in [2.45, 2.75) is 6.92 Å². The van der Waals surface area contributed by atoms with E-state index in [0.29, 0.717) is 23.3 Å². The Bertz CT molecular complexity index is 653. The molecule has 0 aliphatic heterocycles. The Kier molecular flexibility index (Phi) is 4.66. The lowest BCUT2D eigenvalue weighted by atomic mass is 10.1. The highest BCUT2D eigenvalue weighted by atomic mass is 19.1. The summed E-state index contributed by atoms with van der Waals surface area (Å²) in [6, 6.07) is 10.5. The zero-order valence-corrected chi connectivity index (χ0v) is 11.4. The van der Waals surface area contributed by atoms with Gasteiger partial charge in [-0.3, -0.25) is 9.59 Å². The first-order valence-corrected chi connectivity index (χ1v) is 6.32. The highest BCUT2D eigenvalue weighted by molar-refractivity contribution is 5.92.